The summed E-state index contributed by atoms with van der Waals surface area (Å²) in [6.07, 6.45) is 2.73. The van der Waals surface area contributed by atoms with Crippen LogP contribution in [0.4, 0.5) is 0 Å². The van der Waals surface area contributed by atoms with Gasteiger partial charge in [0.1, 0.15) is 18.5 Å². The summed E-state index contributed by atoms with van der Waals surface area (Å²) < 4.78 is 14.7. The van der Waals surface area contributed by atoms with Crippen LogP contribution in [0, 0.1) is 11.8 Å². The van der Waals surface area contributed by atoms with Gasteiger partial charge in [0.25, 0.3) is 0 Å². The van der Waals surface area contributed by atoms with E-state index in [1.165, 1.54) is 19.1 Å². The molecular formula is C12H10O5. The standard InChI is InChI=1S/C12H10O5/c1-8(13)15-6-9(2-3-10-7-16-10)11-4-5-12(14)17-11/h4-5,10H,6-7H2,1H3/b11-9+/t10-/m1/s1. The number of epoxide rings is 1. The van der Waals surface area contributed by atoms with Gasteiger partial charge in [-0.15, -0.1) is 0 Å². The van der Waals surface area contributed by atoms with Crippen LogP contribution in [0.5, 0.6) is 0 Å². The first-order valence-corrected chi connectivity index (χ1v) is 5.04. The average molecular weight is 234 g/mol. The maximum atomic E-state index is 10.9. The number of allylic oxidation sites excluding steroid dienone is 1. The molecule has 0 spiro atoms. The van der Waals surface area contributed by atoms with Crippen molar-refractivity contribution in [2.75, 3.05) is 13.2 Å². The van der Waals surface area contributed by atoms with Crippen molar-refractivity contribution < 1.29 is 23.8 Å². The van der Waals surface area contributed by atoms with Gasteiger partial charge in [-0.25, -0.2) is 4.79 Å². The summed E-state index contributed by atoms with van der Waals surface area (Å²) in [5.74, 6) is 5.08. The molecule has 0 bridgehead atoms. The molecule has 2 rings (SSSR count). The van der Waals surface area contributed by atoms with Crippen molar-refractivity contribution >= 4 is 11.9 Å². The van der Waals surface area contributed by atoms with Crippen LogP contribution >= 0.6 is 0 Å². The lowest BCUT2D eigenvalue weighted by atomic mass is 10.2. The molecule has 0 aromatic heterocycles. The van der Waals surface area contributed by atoms with Crippen LogP contribution in [0.15, 0.2) is 23.5 Å². The first kappa shape index (κ1) is 11.4. The van der Waals surface area contributed by atoms with Crippen molar-refractivity contribution in [2.24, 2.45) is 0 Å². The molecule has 2 aliphatic rings. The van der Waals surface area contributed by atoms with Crippen LogP contribution in [0.2, 0.25) is 0 Å². The number of hydrogen-bond donors (Lipinski definition) is 0. The zero-order chi connectivity index (χ0) is 12.3. The molecule has 0 amide bonds. The number of ether oxygens (including phenoxy) is 3. The molecule has 1 saturated heterocycles. The molecule has 0 aromatic carbocycles. The molecule has 0 radical (unpaired) electrons. The molecule has 5 heteroatoms. The third kappa shape index (κ3) is 3.47. The van der Waals surface area contributed by atoms with Gasteiger partial charge in [0.15, 0.2) is 0 Å². The summed E-state index contributed by atoms with van der Waals surface area (Å²) in [6, 6.07) is 0. The van der Waals surface area contributed by atoms with E-state index in [-0.39, 0.29) is 12.7 Å². The Balaban J connectivity index is 2.12. The predicted octanol–water partition coefficient (Wildman–Crippen LogP) is 0.319. The highest BCUT2D eigenvalue weighted by atomic mass is 16.6. The SMILES string of the molecule is CC(=O)OC/C(C#C[C@@H]1CO1)=C1\C=CC(=O)O1. The Morgan fingerprint density at radius 2 is 2.35 bits per heavy atom. The van der Waals surface area contributed by atoms with E-state index < -0.39 is 11.9 Å². The van der Waals surface area contributed by atoms with Crippen molar-refractivity contribution in [3.8, 4) is 11.8 Å². The molecule has 1 fully saturated rings. The molecule has 0 aromatic rings. The van der Waals surface area contributed by atoms with Gasteiger partial charge in [0.05, 0.1) is 12.2 Å². The molecule has 0 unspecified atom stereocenters. The van der Waals surface area contributed by atoms with E-state index in [0.29, 0.717) is 17.9 Å². The van der Waals surface area contributed by atoms with Crippen molar-refractivity contribution in [1.29, 1.82) is 0 Å². The summed E-state index contributed by atoms with van der Waals surface area (Å²) in [4.78, 5) is 21.7. The molecule has 2 aliphatic heterocycles. The van der Waals surface area contributed by atoms with Crippen molar-refractivity contribution in [3.05, 3.63) is 23.5 Å². The second-order valence-electron chi connectivity index (χ2n) is 3.47. The number of rotatable bonds is 2. The van der Waals surface area contributed by atoms with Gasteiger partial charge in [0, 0.05) is 13.0 Å². The Kier molecular flexibility index (Phi) is 3.26. The Morgan fingerprint density at radius 1 is 1.59 bits per heavy atom. The van der Waals surface area contributed by atoms with E-state index in [1.807, 2.05) is 0 Å². The van der Waals surface area contributed by atoms with Crippen LogP contribution in [-0.4, -0.2) is 31.3 Å². The number of carbonyl (C=O) groups is 2. The summed E-state index contributed by atoms with van der Waals surface area (Å²) in [6.45, 7) is 1.90. The van der Waals surface area contributed by atoms with Crippen molar-refractivity contribution in [2.45, 2.75) is 13.0 Å². The number of hydrogen-bond acceptors (Lipinski definition) is 5. The third-order valence-electron chi connectivity index (χ3n) is 2.02. The minimum absolute atomic E-state index is 0.0119. The fraction of sp³-hybridized carbons (Fsp3) is 0.333. The van der Waals surface area contributed by atoms with Crippen LogP contribution in [0.3, 0.4) is 0 Å². The summed E-state index contributed by atoms with van der Waals surface area (Å²) in [5.41, 5.74) is 0.456. The topological polar surface area (TPSA) is 65.1 Å². The molecule has 88 valence electrons. The zero-order valence-corrected chi connectivity index (χ0v) is 9.19. The van der Waals surface area contributed by atoms with Gasteiger partial charge in [-0.3, -0.25) is 4.79 Å². The molecular weight excluding hydrogens is 224 g/mol. The number of cyclic esters (lactones) is 1. The smallest absolute Gasteiger partial charge is 0.336 e. The highest BCUT2D eigenvalue weighted by Crippen LogP contribution is 2.15. The van der Waals surface area contributed by atoms with Gasteiger partial charge >= 0.3 is 11.9 Å². The molecule has 1 atom stereocenters. The summed E-state index contributed by atoms with van der Waals surface area (Å²) in [7, 11) is 0. The third-order valence-corrected chi connectivity index (χ3v) is 2.02. The lowest BCUT2D eigenvalue weighted by molar-refractivity contribution is -0.139. The molecule has 0 aliphatic carbocycles. The van der Waals surface area contributed by atoms with Gasteiger partial charge in [-0.05, 0) is 6.08 Å². The lowest BCUT2D eigenvalue weighted by Gasteiger charge is -2.03. The van der Waals surface area contributed by atoms with Gasteiger partial charge in [-0.2, -0.15) is 0 Å². The Bertz CT molecular complexity index is 471. The van der Waals surface area contributed by atoms with Crippen LogP contribution in [0.1, 0.15) is 6.92 Å². The normalized spacial score (nSPS) is 23.6. The van der Waals surface area contributed by atoms with Gasteiger partial charge in [-0.1, -0.05) is 11.8 Å². The zero-order valence-electron chi connectivity index (χ0n) is 9.19. The Hall–Kier alpha value is -2.06. The minimum Gasteiger partial charge on any atom is -0.460 e. The molecule has 2 heterocycles. The lowest BCUT2D eigenvalue weighted by Crippen LogP contribution is -2.05. The Morgan fingerprint density at radius 3 is 2.88 bits per heavy atom. The predicted molar refractivity (Wildman–Crippen MR) is 56.4 cm³/mol. The van der Waals surface area contributed by atoms with Gasteiger partial charge < -0.3 is 14.2 Å². The highest BCUT2D eigenvalue weighted by Gasteiger charge is 2.20. The van der Waals surface area contributed by atoms with E-state index in [9.17, 15) is 9.59 Å². The molecule has 5 nitrogen and oxygen atoms in total. The minimum atomic E-state index is -0.454. The first-order valence-electron chi connectivity index (χ1n) is 5.04. The average Bonchev–Trinajstić information content (AvgIpc) is 3.00. The molecule has 0 N–H and O–H groups in total. The van der Waals surface area contributed by atoms with E-state index in [0.717, 1.165) is 0 Å². The fourth-order valence-electron chi connectivity index (χ4n) is 1.12. The monoisotopic (exact) mass is 234 g/mol. The highest BCUT2D eigenvalue weighted by molar-refractivity contribution is 5.87. The van der Waals surface area contributed by atoms with E-state index in [1.54, 1.807) is 0 Å². The summed E-state index contributed by atoms with van der Waals surface area (Å²) >= 11 is 0. The van der Waals surface area contributed by atoms with E-state index >= 15 is 0 Å². The van der Waals surface area contributed by atoms with E-state index in [4.69, 9.17) is 14.2 Å². The Labute approximate surface area is 98.0 Å². The largest absolute Gasteiger partial charge is 0.460 e. The van der Waals surface area contributed by atoms with Crippen LogP contribution < -0.4 is 0 Å². The maximum Gasteiger partial charge on any atom is 0.336 e. The number of carbonyl (C=O) groups excluding carboxylic acids is 2. The second-order valence-corrected chi connectivity index (χ2v) is 3.47. The second kappa shape index (κ2) is 4.85. The quantitative estimate of drug-likeness (QED) is 0.391. The van der Waals surface area contributed by atoms with Crippen molar-refractivity contribution in [1.82, 2.24) is 0 Å². The maximum absolute atomic E-state index is 10.9. The van der Waals surface area contributed by atoms with Crippen LogP contribution in [-0.2, 0) is 23.8 Å². The van der Waals surface area contributed by atoms with E-state index in [2.05, 4.69) is 11.8 Å². The summed E-state index contributed by atoms with van der Waals surface area (Å²) in [5, 5.41) is 0. The van der Waals surface area contributed by atoms with Crippen molar-refractivity contribution in [3.63, 3.8) is 0 Å². The number of esters is 2. The van der Waals surface area contributed by atoms with Gasteiger partial charge in [0.2, 0.25) is 0 Å². The molecule has 17 heavy (non-hydrogen) atoms. The van der Waals surface area contributed by atoms with Crippen LogP contribution in [0.25, 0.3) is 0 Å². The molecule has 0 saturated carbocycles. The first-order chi connectivity index (χ1) is 8.15. The fourth-order valence-corrected chi connectivity index (χ4v) is 1.12.